The second-order valence-electron chi connectivity index (χ2n) is 4.51. The van der Waals surface area contributed by atoms with E-state index in [1.54, 1.807) is 18.9 Å². The molecule has 1 N–H and O–H groups in total. The fourth-order valence-corrected chi connectivity index (χ4v) is 2.46. The Bertz CT molecular complexity index is 764. The van der Waals surface area contributed by atoms with Crippen molar-refractivity contribution in [3.8, 4) is 0 Å². The summed E-state index contributed by atoms with van der Waals surface area (Å²) in [7, 11) is 1.74. The summed E-state index contributed by atoms with van der Waals surface area (Å²) in [6, 6.07) is 5.80. The van der Waals surface area contributed by atoms with Gasteiger partial charge in [-0.15, -0.1) is 0 Å². The lowest BCUT2D eigenvalue weighted by Crippen LogP contribution is -2.27. The van der Waals surface area contributed by atoms with Gasteiger partial charge in [0.1, 0.15) is 11.0 Å². The lowest BCUT2D eigenvalue weighted by molar-refractivity contribution is 0.0778. The topological polar surface area (TPSA) is 87.7 Å². The SMILES string of the molecule is Cc1n[nH]nc1C(=O)N(C)Cc1ccc2nsnc2c1. The first-order valence-corrected chi connectivity index (χ1v) is 6.72. The van der Waals surface area contributed by atoms with Gasteiger partial charge in [-0.25, -0.2) is 0 Å². The van der Waals surface area contributed by atoms with Crippen LogP contribution in [0, 0.1) is 6.92 Å². The minimum atomic E-state index is -0.159. The van der Waals surface area contributed by atoms with Gasteiger partial charge in [0.05, 0.1) is 17.4 Å². The van der Waals surface area contributed by atoms with Gasteiger partial charge < -0.3 is 4.90 Å². The summed E-state index contributed by atoms with van der Waals surface area (Å²) in [5.74, 6) is -0.159. The molecule has 2 aromatic heterocycles. The monoisotopic (exact) mass is 288 g/mol. The molecule has 0 radical (unpaired) electrons. The largest absolute Gasteiger partial charge is 0.336 e. The number of aryl methyl sites for hydroxylation is 1. The highest BCUT2D eigenvalue weighted by atomic mass is 32.1. The first-order chi connectivity index (χ1) is 9.65. The van der Waals surface area contributed by atoms with Gasteiger partial charge in [0.2, 0.25) is 0 Å². The third kappa shape index (κ3) is 2.25. The summed E-state index contributed by atoms with van der Waals surface area (Å²) in [5, 5.41) is 10.2. The van der Waals surface area contributed by atoms with E-state index in [9.17, 15) is 4.79 Å². The third-order valence-corrected chi connectivity index (χ3v) is 3.57. The predicted molar refractivity (Wildman–Crippen MR) is 74.3 cm³/mol. The van der Waals surface area contributed by atoms with Crippen LogP contribution in [0.1, 0.15) is 21.7 Å². The van der Waals surface area contributed by atoms with E-state index in [1.165, 1.54) is 11.7 Å². The molecule has 0 aliphatic heterocycles. The highest BCUT2D eigenvalue weighted by Gasteiger charge is 2.18. The van der Waals surface area contributed by atoms with Crippen molar-refractivity contribution < 1.29 is 4.79 Å². The van der Waals surface area contributed by atoms with E-state index in [2.05, 4.69) is 24.2 Å². The Hall–Kier alpha value is -2.35. The molecule has 20 heavy (non-hydrogen) atoms. The van der Waals surface area contributed by atoms with Crippen LogP contribution in [0.5, 0.6) is 0 Å². The van der Waals surface area contributed by atoms with Crippen LogP contribution in [-0.4, -0.2) is 42.0 Å². The van der Waals surface area contributed by atoms with Crippen LogP contribution in [-0.2, 0) is 6.54 Å². The van der Waals surface area contributed by atoms with E-state index in [-0.39, 0.29) is 5.91 Å². The summed E-state index contributed by atoms with van der Waals surface area (Å²) in [6.07, 6.45) is 0. The number of rotatable bonds is 3. The zero-order valence-corrected chi connectivity index (χ0v) is 11.8. The van der Waals surface area contributed by atoms with Gasteiger partial charge in [0.25, 0.3) is 5.91 Å². The molecule has 7 nitrogen and oxygen atoms in total. The molecule has 3 rings (SSSR count). The molecular formula is C12H12N6OS. The smallest absolute Gasteiger partial charge is 0.276 e. The van der Waals surface area contributed by atoms with Crippen LogP contribution in [0.15, 0.2) is 18.2 Å². The number of hydrogen-bond donors (Lipinski definition) is 1. The van der Waals surface area contributed by atoms with Crippen molar-refractivity contribution >= 4 is 28.7 Å². The van der Waals surface area contributed by atoms with Crippen molar-refractivity contribution in [3.63, 3.8) is 0 Å². The highest BCUT2D eigenvalue weighted by molar-refractivity contribution is 7.00. The van der Waals surface area contributed by atoms with Crippen LogP contribution in [0.4, 0.5) is 0 Å². The van der Waals surface area contributed by atoms with Gasteiger partial charge in [-0.05, 0) is 24.6 Å². The number of hydrogen-bond acceptors (Lipinski definition) is 6. The van der Waals surface area contributed by atoms with Crippen LogP contribution < -0.4 is 0 Å². The van der Waals surface area contributed by atoms with E-state index in [4.69, 9.17) is 0 Å². The molecule has 2 heterocycles. The van der Waals surface area contributed by atoms with Crippen LogP contribution in [0.3, 0.4) is 0 Å². The second kappa shape index (κ2) is 4.97. The molecular weight excluding hydrogens is 276 g/mol. The Morgan fingerprint density at radius 2 is 2.10 bits per heavy atom. The number of nitrogens with zero attached hydrogens (tertiary/aromatic N) is 5. The number of aromatic nitrogens is 5. The lowest BCUT2D eigenvalue weighted by atomic mass is 10.2. The number of H-pyrrole nitrogens is 1. The van der Waals surface area contributed by atoms with Crippen molar-refractivity contribution in [2.45, 2.75) is 13.5 Å². The molecule has 3 aromatic rings. The third-order valence-electron chi connectivity index (χ3n) is 3.01. The fourth-order valence-electron chi connectivity index (χ4n) is 1.94. The van der Waals surface area contributed by atoms with E-state index < -0.39 is 0 Å². The predicted octanol–water partition coefficient (Wildman–Crippen LogP) is 1.39. The Morgan fingerprint density at radius 1 is 1.30 bits per heavy atom. The minimum Gasteiger partial charge on any atom is -0.336 e. The Balaban J connectivity index is 1.79. The molecule has 102 valence electrons. The molecule has 0 bridgehead atoms. The molecule has 0 saturated carbocycles. The normalized spacial score (nSPS) is 10.9. The first-order valence-electron chi connectivity index (χ1n) is 5.99. The Labute approximate surface area is 118 Å². The standard InChI is InChI=1S/C12H12N6OS/c1-7-11(14-17-13-7)12(19)18(2)6-8-3-4-9-10(5-8)16-20-15-9/h3-5H,6H2,1-2H3,(H,13,14,17). The Morgan fingerprint density at radius 3 is 2.85 bits per heavy atom. The summed E-state index contributed by atoms with van der Waals surface area (Å²) >= 11 is 1.18. The Kier molecular flexibility index (Phi) is 3.15. The van der Waals surface area contributed by atoms with Crippen molar-refractivity contribution in [1.29, 1.82) is 0 Å². The van der Waals surface area contributed by atoms with Gasteiger partial charge in [0.15, 0.2) is 5.69 Å². The van der Waals surface area contributed by atoms with E-state index in [1.807, 2.05) is 18.2 Å². The maximum Gasteiger partial charge on any atom is 0.276 e. The average molecular weight is 288 g/mol. The molecule has 1 aromatic carbocycles. The maximum atomic E-state index is 12.2. The number of aromatic amines is 1. The first kappa shape index (κ1) is 12.7. The summed E-state index contributed by atoms with van der Waals surface area (Å²) < 4.78 is 8.35. The molecule has 8 heteroatoms. The number of carbonyl (C=O) groups excluding carboxylic acids is 1. The zero-order chi connectivity index (χ0) is 14.1. The summed E-state index contributed by atoms with van der Waals surface area (Å²) in [5.41, 5.74) is 3.68. The average Bonchev–Trinajstić information content (AvgIpc) is 3.05. The summed E-state index contributed by atoms with van der Waals surface area (Å²) in [4.78, 5) is 13.8. The van der Waals surface area contributed by atoms with Gasteiger partial charge >= 0.3 is 0 Å². The number of benzene rings is 1. The van der Waals surface area contributed by atoms with Gasteiger partial charge in [-0.2, -0.15) is 24.2 Å². The molecule has 0 spiro atoms. The molecule has 0 unspecified atom stereocenters. The number of amides is 1. The molecule has 1 amide bonds. The molecule has 0 aliphatic carbocycles. The van der Waals surface area contributed by atoms with Crippen LogP contribution in [0.2, 0.25) is 0 Å². The van der Waals surface area contributed by atoms with Crippen molar-refractivity contribution in [2.24, 2.45) is 0 Å². The molecule has 0 saturated heterocycles. The second-order valence-corrected chi connectivity index (χ2v) is 5.03. The zero-order valence-electron chi connectivity index (χ0n) is 11.0. The quantitative estimate of drug-likeness (QED) is 0.787. The summed E-state index contributed by atoms with van der Waals surface area (Å²) in [6.45, 7) is 2.23. The van der Waals surface area contributed by atoms with Crippen molar-refractivity contribution in [2.75, 3.05) is 7.05 Å². The number of fused-ring (bicyclic) bond motifs is 1. The van der Waals surface area contributed by atoms with Crippen LogP contribution in [0.25, 0.3) is 11.0 Å². The van der Waals surface area contributed by atoms with Gasteiger partial charge in [0, 0.05) is 13.6 Å². The fraction of sp³-hybridized carbons (Fsp3) is 0.250. The van der Waals surface area contributed by atoms with E-state index in [0.29, 0.717) is 17.9 Å². The number of carbonyl (C=O) groups is 1. The van der Waals surface area contributed by atoms with E-state index >= 15 is 0 Å². The van der Waals surface area contributed by atoms with Gasteiger partial charge in [-0.3, -0.25) is 4.79 Å². The van der Waals surface area contributed by atoms with Crippen LogP contribution >= 0.6 is 11.7 Å². The maximum absolute atomic E-state index is 12.2. The van der Waals surface area contributed by atoms with Crippen molar-refractivity contribution in [3.05, 3.63) is 35.2 Å². The number of nitrogens with one attached hydrogen (secondary N) is 1. The van der Waals surface area contributed by atoms with Crippen molar-refractivity contribution in [1.82, 2.24) is 29.1 Å². The minimum absolute atomic E-state index is 0.159. The highest BCUT2D eigenvalue weighted by Crippen LogP contribution is 2.15. The molecule has 0 atom stereocenters. The molecule has 0 fully saturated rings. The lowest BCUT2D eigenvalue weighted by Gasteiger charge is -2.16. The molecule has 0 aliphatic rings. The van der Waals surface area contributed by atoms with Gasteiger partial charge in [-0.1, -0.05) is 6.07 Å². The van der Waals surface area contributed by atoms with E-state index in [0.717, 1.165) is 16.6 Å².